The summed E-state index contributed by atoms with van der Waals surface area (Å²) in [6.07, 6.45) is 0.648. The minimum atomic E-state index is -4.73. The number of amides is 2. The van der Waals surface area contributed by atoms with Gasteiger partial charge < -0.3 is 14.7 Å². The molecule has 2 aliphatic heterocycles. The number of fused-ring (bicyclic) bond motifs is 1. The van der Waals surface area contributed by atoms with Crippen LogP contribution in [0.2, 0.25) is 0 Å². The van der Waals surface area contributed by atoms with Crippen LogP contribution in [-0.4, -0.2) is 63.5 Å². The van der Waals surface area contributed by atoms with Gasteiger partial charge in [-0.15, -0.1) is 0 Å². The minimum absolute atomic E-state index is 0.0147. The lowest BCUT2D eigenvalue weighted by Gasteiger charge is -2.39. The second-order valence-corrected chi connectivity index (χ2v) is 9.33. The average Bonchev–Trinajstić information content (AvgIpc) is 3.53. The number of rotatable bonds is 4. The van der Waals surface area contributed by atoms with Crippen LogP contribution in [-0.2, 0) is 17.5 Å². The molecule has 1 saturated heterocycles. The molecular formula is C23H26F3N5O3. The molecule has 1 aromatic heterocycles. The molecule has 8 nitrogen and oxygen atoms in total. The number of nitrogens with zero attached hydrogens (tertiary/aromatic N) is 4. The fourth-order valence-corrected chi connectivity index (χ4v) is 5.36. The molecule has 34 heavy (non-hydrogen) atoms. The Balaban J connectivity index is 1.34. The van der Waals surface area contributed by atoms with E-state index >= 15 is 0 Å². The summed E-state index contributed by atoms with van der Waals surface area (Å²) in [6, 6.07) is 4.45. The molecule has 3 atom stereocenters. The molecule has 1 aromatic carbocycles. The fourth-order valence-electron chi connectivity index (χ4n) is 5.36. The standard InChI is InChI=1S/C23H26F3N5O3/c1-30-10-4-7-18(30)20(32)27-16-5-2-3-6-17(16)31-12-14-9-8-13(11-15(14)21(31)33)19-28-22(34-29-19)23(24,25)26/h8-9,11,16-18H,2-7,10,12H2,1H3,(H,27,32)/t16-,17-,18?/m1/s1. The smallest absolute Gasteiger partial charge is 0.350 e. The predicted molar refractivity (Wildman–Crippen MR) is 114 cm³/mol. The Morgan fingerprint density at radius 1 is 1.18 bits per heavy atom. The lowest BCUT2D eigenvalue weighted by atomic mass is 9.89. The Labute approximate surface area is 194 Å². The minimum Gasteiger partial charge on any atom is -0.350 e. The Morgan fingerprint density at radius 2 is 1.97 bits per heavy atom. The van der Waals surface area contributed by atoms with Crippen LogP contribution in [0.4, 0.5) is 13.2 Å². The average molecular weight is 477 g/mol. The maximum Gasteiger partial charge on any atom is 0.471 e. The third-order valence-corrected chi connectivity index (χ3v) is 7.15. The molecule has 182 valence electrons. The van der Waals surface area contributed by atoms with E-state index in [-0.39, 0.29) is 41.3 Å². The van der Waals surface area contributed by atoms with Crippen molar-refractivity contribution in [2.45, 2.75) is 69.4 Å². The summed E-state index contributed by atoms with van der Waals surface area (Å²) in [6.45, 7) is 1.30. The maximum absolute atomic E-state index is 13.3. The monoisotopic (exact) mass is 477 g/mol. The van der Waals surface area contributed by atoms with Gasteiger partial charge in [0.15, 0.2) is 0 Å². The molecule has 1 unspecified atom stereocenters. The number of nitrogens with one attached hydrogen (secondary N) is 1. The Kier molecular flexibility index (Phi) is 5.83. The van der Waals surface area contributed by atoms with E-state index in [1.165, 1.54) is 6.07 Å². The zero-order valence-electron chi connectivity index (χ0n) is 18.8. The molecule has 2 amide bonds. The summed E-state index contributed by atoms with van der Waals surface area (Å²) in [5, 5.41) is 6.62. The van der Waals surface area contributed by atoms with Crippen molar-refractivity contribution in [3.8, 4) is 11.4 Å². The summed E-state index contributed by atoms with van der Waals surface area (Å²) in [4.78, 5) is 33.5. The number of hydrogen-bond acceptors (Lipinski definition) is 6. The van der Waals surface area contributed by atoms with Gasteiger partial charge in [0, 0.05) is 23.7 Å². The topological polar surface area (TPSA) is 91.6 Å². The highest BCUT2D eigenvalue weighted by Crippen LogP contribution is 2.34. The van der Waals surface area contributed by atoms with Crippen LogP contribution in [0.15, 0.2) is 22.7 Å². The van der Waals surface area contributed by atoms with E-state index in [1.54, 1.807) is 17.0 Å². The van der Waals surface area contributed by atoms with E-state index in [4.69, 9.17) is 0 Å². The summed E-state index contributed by atoms with van der Waals surface area (Å²) < 4.78 is 42.8. The second kappa shape index (κ2) is 8.68. The van der Waals surface area contributed by atoms with Gasteiger partial charge in [-0.05, 0) is 50.9 Å². The molecule has 1 N–H and O–H groups in total. The highest BCUT2D eigenvalue weighted by molar-refractivity contribution is 5.99. The third kappa shape index (κ3) is 4.17. The van der Waals surface area contributed by atoms with Gasteiger partial charge in [0.05, 0.1) is 12.1 Å². The number of hydrogen-bond donors (Lipinski definition) is 1. The molecule has 2 aromatic rings. The predicted octanol–water partition coefficient (Wildman–Crippen LogP) is 3.23. The van der Waals surface area contributed by atoms with E-state index in [0.29, 0.717) is 12.1 Å². The quantitative estimate of drug-likeness (QED) is 0.727. The highest BCUT2D eigenvalue weighted by Gasteiger charge is 2.41. The van der Waals surface area contributed by atoms with Crippen molar-refractivity contribution >= 4 is 11.8 Å². The lowest BCUT2D eigenvalue weighted by molar-refractivity contribution is -0.159. The van der Waals surface area contributed by atoms with Crippen molar-refractivity contribution < 1.29 is 27.3 Å². The lowest BCUT2D eigenvalue weighted by Crippen LogP contribution is -2.56. The van der Waals surface area contributed by atoms with Crippen molar-refractivity contribution in [2.75, 3.05) is 13.6 Å². The van der Waals surface area contributed by atoms with Gasteiger partial charge in [-0.2, -0.15) is 18.2 Å². The zero-order valence-corrected chi connectivity index (χ0v) is 18.8. The Hall–Kier alpha value is -2.95. The van der Waals surface area contributed by atoms with Crippen LogP contribution in [0, 0.1) is 0 Å². The zero-order chi connectivity index (χ0) is 24.0. The van der Waals surface area contributed by atoms with Crippen LogP contribution in [0.25, 0.3) is 11.4 Å². The largest absolute Gasteiger partial charge is 0.471 e. The molecular weight excluding hydrogens is 451 g/mol. The van der Waals surface area contributed by atoms with Crippen molar-refractivity contribution in [2.24, 2.45) is 0 Å². The van der Waals surface area contributed by atoms with Gasteiger partial charge in [0.2, 0.25) is 11.7 Å². The number of aromatic nitrogens is 2. The number of likely N-dealkylation sites (tertiary alicyclic amines) is 1. The van der Waals surface area contributed by atoms with Gasteiger partial charge in [-0.1, -0.05) is 30.1 Å². The number of carbonyl (C=O) groups is 2. The number of likely N-dealkylation sites (N-methyl/N-ethyl adjacent to an activating group) is 1. The van der Waals surface area contributed by atoms with Gasteiger partial charge in [-0.3, -0.25) is 14.5 Å². The first-order chi connectivity index (χ1) is 16.2. The van der Waals surface area contributed by atoms with Gasteiger partial charge in [-0.25, -0.2) is 0 Å². The SMILES string of the molecule is CN1CCCC1C(=O)N[C@@H]1CCCC[C@H]1N1Cc2ccc(-c3noc(C(F)(F)F)n3)cc2C1=O. The molecule has 0 bridgehead atoms. The van der Waals surface area contributed by atoms with E-state index in [9.17, 15) is 22.8 Å². The molecule has 5 rings (SSSR count). The van der Waals surface area contributed by atoms with E-state index in [1.807, 2.05) is 7.05 Å². The van der Waals surface area contributed by atoms with Crippen LogP contribution >= 0.6 is 0 Å². The highest BCUT2D eigenvalue weighted by atomic mass is 19.4. The van der Waals surface area contributed by atoms with Crippen molar-refractivity contribution in [3.05, 3.63) is 35.2 Å². The number of carbonyl (C=O) groups excluding carboxylic acids is 2. The van der Waals surface area contributed by atoms with Gasteiger partial charge in [0.1, 0.15) is 0 Å². The molecule has 0 spiro atoms. The summed E-state index contributed by atoms with van der Waals surface area (Å²) in [7, 11) is 1.95. The van der Waals surface area contributed by atoms with E-state index < -0.39 is 12.1 Å². The van der Waals surface area contributed by atoms with E-state index in [0.717, 1.165) is 50.6 Å². The van der Waals surface area contributed by atoms with Crippen LogP contribution in [0.5, 0.6) is 0 Å². The molecule has 1 aliphatic carbocycles. The van der Waals surface area contributed by atoms with Gasteiger partial charge >= 0.3 is 12.1 Å². The van der Waals surface area contributed by atoms with Crippen molar-refractivity contribution in [1.29, 1.82) is 0 Å². The Bertz CT molecular complexity index is 1100. The van der Waals surface area contributed by atoms with E-state index in [2.05, 4.69) is 24.9 Å². The molecule has 3 aliphatic rings. The summed E-state index contributed by atoms with van der Waals surface area (Å²) in [5.41, 5.74) is 1.49. The number of alkyl halides is 3. The molecule has 2 fully saturated rings. The normalized spacial score (nSPS) is 25.6. The first-order valence-corrected chi connectivity index (χ1v) is 11.6. The molecule has 3 heterocycles. The molecule has 1 saturated carbocycles. The van der Waals surface area contributed by atoms with Crippen molar-refractivity contribution in [1.82, 2.24) is 25.3 Å². The molecule has 0 radical (unpaired) electrons. The first kappa shape index (κ1) is 22.8. The van der Waals surface area contributed by atoms with Crippen LogP contribution in [0.1, 0.15) is 60.3 Å². The number of halogens is 3. The molecule has 11 heteroatoms. The van der Waals surface area contributed by atoms with Crippen molar-refractivity contribution in [3.63, 3.8) is 0 Å². The van der Waals surface area contributed by atoms with Crippen LogP contribution < -0.4 is 5.32 Å². The third-order valence-electron chi connectivity index (χ3n) is 7.15. The Morgan fingerprint density at radius 3 is 2.68 bits per heavy atom. The first-order valence-electron chi connectivity index (χ1n) is 11.6. The van der Waals surface area contributed by atoms with Crippen LogP contribution in [0.3, 0.4) is 0 Å². The summed E-state index contributed by atoms with van der Waals surface area (Å²) >= 11 is 0. The van der Waals surface area contributed by atoms with Gasteiger partial charge in [0.25, 0.3) is 5.91 Å². The summed E-state index contributed by atoms with van der Waals surface area (Å²) in [5.74, 6) is -1.82. The fraction of sp³-hybridized carbons (Fsp3) is 0.565. The number of benzene rings is 1. The maximum atomic E-state index is 13.3. The second-order valence-electron chi connectivity index (χ2n) is 9.33.